The summed E-state index contributed by atoms with van der Waals surface area (Å²) in [5.41, 5.74) is 1.97. The molecule has 0 unspecified atom stereocenters. The van der Waals surface area contributed by atoms with Crippen LogP contribution >= 0.6 is 0 Å². The van der Waals surface area contributed by atoms with Gasteiger partial charge < -0.3 is 9.69 Å². The third kappa shape index (κ3) is 5.29. The monoisotopic (exact) mass is 372 g/mol. The van der Waals surface area contributed by atoms with Crippen LogP contribution in [0, 0.1) is 0 Å². The van der Waals surface area contributed by atoms with E-state index in [1.807, 2.05) is 24.3 Å². The Hall–Kier alpha value is -2.41. The lowest BCUT2D eigenvalue weighted by Crippen LogP contribution is -2.49. The van der Waals surface area contributed by atoms with E-state index < -0.39 is 0 Å². The maximum atomic E-state index is 11.9. The summed E-state index contributed by atoms with van der Waals surface area (Å²) in [4.78, 5) is 40.6. The molecule has 2 aliphatic rings. The van der Waals surface area contributed by atoms with Crippen LogP contribution in [-0.2, 0) is 9.59 Å². The third-order valence-electron chi connectivity index (χ3n) is 5.21. The number of piperazine rings is 1. The molecule has 0 aliphatic carbocycles. The highest BCUT2D eigenvalue weighted by Gasteiger charge is 2.24. The van der Waals surface area contributed by atoms with E-state index in [4.69, 9.17) is 0 Å². The summed E-state index contributed by atoms with van der Waals surface area (Å²) in [7, 11) is 0. The predicted molar refractivity (Wildman–Crippen MR) is 105 cm³/mol. The van der Waals surface area contributed by atoms with E-state index in [9.17, 15) is 14.4 Å². The number of urea groups is 1. The lowest BCUT2D eigenvalue weighted by Gasteiger charge is -2.36. The number of unbranched alkanes of at least 4 members (excludes halogenated alkanes) is 1. The summed E-state index contributed by atoms with van der Waals surface area (Å²) in [5, 5.41) is 2.35. The van der Waals surface area contributed by atoms with Crippen molar-refractivity contribution < 1.29 is 14.4 Å². The molecule has 7 heteroatoms. The number of ketones is 1. The van der Waals surface area contributed by atoms with Crippen molar-refractivity contribution in [1.29, 1.82) is 0 Å². The Bertz CT molecular complexity index is 681. The summed E-state index contributed by atoms with van der Waals surface area (Å²) in [5.74, 6) is 0.0592. The molecule has 2 aliphatic heterocycles. The van der Waals surface area contributed by atoms with E-state index in [1.54, 1.807) is 11.8 Å². The maximum absolute atomic E-state index is 11.9. The highest BCUT2D eigenvalue weighted by atomic mass is 16.2. The number of imide groups is 1. The van der Waals surface area contributed by atoms with E-state index >= 15 is 0 Å². The molecule has 7 nitrogen and oxygen atoms in total. The third-order valence-corrected chi connectivity index (χ3v) is 5.21. The van der Waals surface area contributed by atoms with Gasteiger partial charge in [-0.1, -0.05) is 0 Å². The summed E-state index contributed by atoms with van der Waals surface area (Å²) in [6.07, 6.45) is 3.08. The van der Waals surface area contributed by atoms with Gasteiger partial charge in [-0.05, 0) is 50.6 Å². The molecule has 2 heterocycles. The van der Waals surface area contributed by atoms with E-state index in [1.165, 1.54) is 0 Å². The van der Waals surface area contributed by atoms with E-state index in [0.29, 0.717) is 19.4 Å². The average molecular weight is 372 g/mol. The highest BCUT2D eigenvalue weighted by Crippen LogP contribution is 2.23. The van der Waals surface area contributed by atoms with Gasteiger partial charge in [0.1, 0.15) is 5.78 Å². The maximum Gasteiger partial charge on any atom is 0.328 e. The standard InChI is InChI=1S/C20H28N4O3/c1-16(25)4-2-3-10-22-12-14-23(15-13-22)17-5-7-18(8-6-17)24-11-9-19(26)21-20(24)27/h5-8H,2-4,9-15H2,1H3,(H,21,26,27). The number of nitrogens with zero attached hydrogens (tertiary/aromatic N) is 3. The molecule has 0 aromatic heterocycles. The van der Waals surface area contributed by atoms with Crippen LogP contribution in [0.25, 0.3) is 0 Å². The molecule has 0 radical (unpaired) electrons. The largest absolute Gasteiger partial charge is 0.369 e. The molecule has 2 saturated heterocycles. The number of hydrogen-bond acceptors (Lipinski definition) is 5. The number of anilines is 2. The summed E-state index contributed by atoms with van der Waals surface area (Å²) >= 11 is 0. The first-order chi connectivity index (χ1) is 13.0. The second-order valence-corrected chi connectivity index (χ2v) is 7.26. The molecule has 3 rings (SSSR count). The predicted octanol–water partition coefficient (Wildman–Crippen LogP) is 2.01. The Morgan fingerprint density at radius 3 is 2.26 bits per heavy atom. The van der Waals surface area contributed by atoms with Crippen molar-refractivity contribution in [2.75, 3.05) is 49.1 Å². The first-order valence-corrected chi connectivity index (χ1v) is 9.71. The van der Waals surface area contributed by atoms with E-state index in [0.717, 1.165) is 56.9 Å². The fraction of sp³-hybridized carbons (Fsp3) is 0.550. The topological polar surface area (TPSA) is 73.0 Å². The first-order valence-electron chi connectivity index (χ1n) is 9.71. The zero-order valence-electron chi connectivity index (χ0n) is 15.9. The van der Waals surface area contributed by atoms with Gasteiger partial charge in [-0.3, -0.25) is 19.9 Å². The number of benzene rings is 1. The minimum absolute atomic E-state index is 0.216. The smallest absolute Gasteiger partial charge is 0.328 e. The Morgan fingerprint density at radius 2 is 1.63 bits per heavy atom. The number of amides is 3. The lowest BCUT2D eigenvalue weighted by molar-refractivity contribution is -0.120. The fourth-order valence-corrected chi connectivity index (χ4v) is 3.59. The van der Waals surface area contributed by atoms with Crippen molar-refractivity contribution in [3.63, 3.8) is 0 Å². The number of Topliss-reactive ketones (excluding diaryl/α,β-unsaturated/α-hetero) is 1. The molecule has 3 amide bonds. The first kappa shape index (κ1) is 19.4. The molecule has 0 bridgehead atoms. The number of carbonyl (C=O) groups is 3. The summed E-state index contributed by atoms with van der Waals surface area (Å²) < 4.78 is 0. The Morgan fingerprint density at radius 1 is 0.963 bits per heavy atom. The number of rotatable bonds is 7. The normalized spacial score (nSPS) is 18.6. The fourth-order valence-electron chi connectivity index (χ4n) is 3.59. The van der Waals surface area contributed by atoms with Gasteiger partial charge in [0.15, 0.2) is 0 Å². The van der Waals surface area contributed by atoms with Crippen LogP contribution in [0.5, 0.6) is 0 Å². The van der Waals surface area contributed by atoms with Gasteiger partial charge >= 0.3 is 6.03 Å². The molecule has 0 spiro atoms. The molecule has 1 aromatic carbocycles. The second kappa shape index (κ2) is 8.99. The average Bonchev–Trinajstić information content (AvgIpc) is 2.66. The number of nitrogens with one attached hydrogen (secondary N) is 1. The van der Waals surface area contributed by atoms with E-state index in [2.05, 4.69) is 15.1 Å². The van der Waals surface area contributed by atoms with Gasteiger partial charge in [-0.25, -0.2) is 4.79 Å². The van der Waals surface area contributed by atoms with Gasteiger partial charge in [0.05, 0.1) is 0 Å². The molecular weight excluding hydrogens is 344 g/mol. The molecular formula is C20H28N4O3. The quantitative estimate of drug-likeness (QED) is 0.742. The second-order valence-electron chi connectivity index (χ2n) is 7.26. The van der Waals surface area contributed by atoms with Crippen LogP contribution in [0.15, 0.2) is 24.3 Å². The van der Waals surface area contributed by atoms with Gasteiger partial charge in [-0.2, -0.15) is 0 Å². The van der Waals surface area contributed by atoms with Crippen LogP contribution in [0.2, 0.25) is 0 Å². The lowest BCUT2D eigenvalue weighted by atomic mass is 10.1. The van der Waals surface area contributed by atoms with Crippen LogP contribution in [0.4, 0.5) is 16.2 Å². The van der Waals surface area contributed by atoms with Crippen LogP contribution in [-0.4, -0.2) is 61.9 Å². The summed E-state index contributed by atoms with van der Waals surface area (Å²) in [6.45, 7) is 7.14. The Balaban J connectivity index is 1.47. The molecule has 1 N–H and O–H groups in total. The molecule has 0 atom stereocenters. The van der Waals surface area contributed by atoms with Crippen molar-refractivity contribution in [2.24, 2.45) is 0 Å². The SMILES string of the molecule is CC(=O)CCCCN1CCN(c2ccc(N3CCC(=O)NC3=O)cc2)CC1. The minimum atomic E-state index is -0.350. The molecule has 0 saturated carbocycles. The molecule has 2 fully saturated rings. The van der Waals surface area contributed by atoms with Crippen molar-refractivity contribution in [3.8, 4) is 0 Å². The van der Waals surface area contributed by atoms with Crippen molar-refractivity contribution in [1.82, 2.24) is 10.2 Å². The van der Waals surface area contributed by atoms with Crippen molar-refractivity contribution in [3.05, 3.63) is 24.3 Å². The summed E-state index contributed by atoms with van der Waals surface area (Å²) in [6, 6.07) is 7.62. The van der Waals surface area contributed by atoms with Gasteiger partial charge in [0.25, 0.3) is 0 Å². The van der Waals surface area contributed by atoms with E-state index in [-0.39, 0.29) is 17.7 Å². The highest BCUT2D eigenvalue weighted by molar-refractivity contribution is 6.05. The van der Waals surface area contributed by atoms with Gasteiger partial charge in [0, 0.05) is 56.9 Å². The van der Waals surface area contributed by atoms with Gasteiger partial charge in [0.2, 0.25) is 5.91 Å². The van der Waals surface area contributed by atoms with Crippen molar-refractivity contribution >= 4 is 29.1 Å². The molecule has 146 valence electrons. The van der Waals surface area contributed by atoms with Crippen LogP contribution < -0.4 is 15.1 Å². The zero-order chi connectivity index (χ0) is 19.2. The number of hydrogen-bond donors (Lipinski definition) is 1. The van der Waals surface area contributed by atoms with Gasteiger partial charge in [-0.15, -0.1) is 0 Å². The minimum Gasteiger partial charge on any atom is -0.369 e. The zero-order valence-corrected chi connectivity index (χ0v) is 15.9. The number of carbonyl (C=O) groups excluding carboxylic acids is 3. The Kier molecular flexibility index (Phi) is 6.45. The van der Waals surface area contributed by atoms with Crippen LogP contribution in [0.3, 0.4) is 0 Å². The van der Waals surface area contributed by atoms with Crippen molar-refractivity contribution in [2.45, 2.75) is 32.6 Å². The van der Waals surface area contributed by atoms with Crippen LogP contribution in [0.1, 0.15) is 32.6 Å². The molecule has 27 heavy (non-hydrogen) atoms. The molecule has 1 aromatic rings. The Labute approximate surface area is 160 Å².